The zero-order valence-electron chi connectivity index (χ0n) is 24.5. The summed E-state index contributed by atoms with van der Waals surface area (Å²) in [6.45, 7) is 6.92. The Morgan fingerprint density at radius 1 is 1.12 bits per heavy atom. The van der Waals surface area contributed by atoms with Crippen molar-refractivity contribution in [1.29, 1.82) is 5.26 Å². The van der Waals surface area contributed by atoms with Gasteiger partial charge in [0.25, 0.3) is 0 Å². The van der Waals surface area contributed by atoms with Gasteiger partial charge in [-0.1, -0.05) is 30.2 Å². The number of nitrogens with zero attached hydrogens (tertiary/aromatic N) is 5. The number of anilines is 1. The van der Waals surface area contributed by atoms with E-state index in [0.717, 1.165) is 75.3 Å². The molecule has 2 amide bonds. The highest BCUT2D eigenvalue weighted by Gasteiger charge is 2.44. The molecule has 41 heavy (non-hydrogen) atoms. The summed E-state index contributed by atoms with van der Waals surface area (Å²) in [6, 6.07) is 5.62. The van der Waals surface area contributed by atoms with Crippen molar-refractivity contribution in [2.24, 2.45) is 17.8 Å². The summed E-state index contributed by atoms with van der Waals surface area (Å²) in [5.74, 6) is 1.68. The first-order valence-corrected chi connectivity index (χ1v) is 15.4. The number of carbonyl (C=O) groups is 2. The smallest absolute Gasteiger partial charge is 0.410 e. The predicted octanol–water partition coefficient (Wildman–Crippen LogP) is 5.88. The number of likely N-dealkylation sites (tertiary alicyclic amines) is 1. The molecule has 1 aromatic heterocycles. The average molecular weight is 580 g/mol. The molecule has 0 aromatic carbocycles. The molecule has 1 aromatic rings. The number of amides is 2. The number of pyridine rings is 1. The molecule has 0 spiro atoms. The Bertz CT molecular complexity index is 1220. The molecule has 2 saturated heterocycles. The van der Waals surface area contributed by atoms with Crippen molar-refractivity contribution in [2.75, 3.05) is 38.1 Å². The number of ether oxygens (including phenoxy) is 1. The minimum atomic E-state index is -0.431. The average Bonchev–Trinajstić information content (AvgIpc) is 3.44. The van der Waals surface area contributed by atoms with Gasteiger partial charge in [-0.3, -0.25) is 4.79 Å². The van der Waals surface area contributed by atoms with Gasteiger partial charge in [0, 0.05) is 56.3 Å². The van der Waals surface area contributed by atoms with Gasteiger partial charge in [0.2, 0.25) is 5.91 Å². The molecule has 9 heteroatoms. The second kappa shape index (κ2) is 12.4. The van der Waals surface area contributed by atoms with E-state index in [4.69, 9.17) is 21.6 Å². The van der Waals surface area contributed by atoms with Crippen LogP contribution < -0.4 is 4.90 Å². The van der Waals surface area contributed by atoms with Crippen molar-refractivity contribution in [3.63, 3.8) is 0 Å². The number of allylic oxidation sites excluding steroid dienone is 3. The van der Waals surface area contributed by atoms with E-state index < -0.39 is 5.60 Å². The van der Waals surface area contributed by atoms with E-state index in [0.29, 0.717) is 24.6 Å². The Kier molecular flexibility index (Phi) is 8.94. The Hall–Kier alpha value is -3.05. The number of halogens is 1. The lowest BCUT2D eigenvalue weighted by atomic mass is 9.81. The van der Waals surface area contributed by atoms with Crippen LogP contribution in [0.1, 0.15) is 70.8 Å². The van der Waals surface area contributed by atoms with Crippen molar-refractivity contribution in [3.8, 4) is 6.07 Å². The highest BCUT2D eigenvalue weighted by Crippen LogP contribution is 2.38. The van der Waals surface area contributed by atoms with E-state index in [1.54, 1.807) is 17.2 Å². The Labute approximate surface area is 249 Å². The SMILES string of the molecule is CC1CCC(C)(OC(=O)N(C)[C@@H]2CN(C(=O)C3CCN(c4ccc(C#N)cn4)CC3)C[C@H]2C2=CC=C(Cl)CC2)CC1. The Morgan fingerprint density at radius 3 is 2.46 bits per heavy atom. The maximum atomic E-state index is 13.8. The lowest BCUT2D eigenvalue weighted by Gasteiger charge is -2.38. The molecule has 220 valence electrons. The number of likely N-dealkylation sites (N-methyl/N-ethyl adjacent to an activating group) is 1. The topological polar surface area (TPSA) is 89.8 Å². The largest absolute Gasteiger partial charge is 0.443 e. The lowest BCUT2D eigenvalue weighted by Crippen LogP contribution is -2.47. The van der Waals surface area contributed by atoms with Crippen LogP contribution in [0.4, 0.5) is 10.6 Å². The highest BCUT2D eigenvalue weighted by atomic mass is 35.5. The first-order valence-electron chi connectivity index (χ1n) is 15.1. The Balaban J connectivity index is 1.25. The van der Waals surface area contributed by atoms with Gasteiger partial charge in [-0.25, -0.2) is 9.78 Å². The third kappa shape index (κ3) is 6.72. The molecule has 0 radical (unpaired) electrons. The van der Waals surface area contributed by atoms with Crippen LogP contribution in [0.2, 0.25) is 0 Å². The maximum absolute atomic E-state index is 13.8. The van der Waals surface area contributed by atoms with E-state index in [2.05, 4.69) is 35.9 Å². The number of nitriles is 1. The predicted molar refractivity (Wildman–Crippen MR) is 159 cm³/mol. The van der Waals surface area contributed by atoms with Crippen LogP contribution in [0.3, 0.4) is 0 Å². The third-order valence-corrected chi connectivity index (χ3v) is 10.0. The van der Waals surface area contributed by atoms with Crippen molar-refractivity contribution < 1.29 is 14.3 Å². The fraction of sp³-hybridized carbons (Fsp3) is 0.625. The summed E-state index contributed by atoms with van der Waals surface area (Å²) in [4.78, 5) is 37.6. The van der Waals surface area contributed by atoms with Crippen molar-refractivity contribution in [3.05, 3.63) is 46.7 Å². The molecule has 0 unspecified atom stereocenters. The van der Waals surface area contributed by atoms with Crippen molar-refractivity contribution in [2.45, 2.75) is 76.9 Å². The molecule has 2 aliphatic carbocycles. The molecule has 1 saturated carbocycles. The third-order valence-electron chi connectivity index (χ3n) is 9.70. The van der Waals surface area contributed by atoms with Crippen LogP contribution >= 0.6 is 11.6 Å². The van der Waals surface area contributed by atoms with E-state index >= 15 is 0 Å². The van der Waals surface area contributed by atoms with Crippen LogP contribution in [-0.4, -0.2) is 71.7 Å². The van der Waals surface area contributed by atoms with E-state index in [1.807, 2.05) is 24.1 Å². The summed E-state index contributed by atoms with van der Waals surface area (Å²) in [5.41, 5.74) is 1.35. The Morgan fingerprint density at radius 2 is 1.85 bits per heavy atom. The minimum Gasteiger partial charge on any atom is -0.443 e. The number of carbonyl (C=O) groups excluding carboxylic acids is 2. The van der Waals surface area contributed by atoms with Crippen LogP contribution in [0.5, 0.6) is 0 Å². The molecule has 5 rings (SSSR count). The van der Waals surface area contributed by atoms with Gasteiger partial charge in [0.05, 0.1) is 11.6 Å². The highest BCUT2D eigenvalue weighted by molar-refractivity contribution is 6.29. The van der Waals surface area contributed by atoms with Crippen molar-refractivity contribution >= 4 is 29.4 Å². The molecule has 0 N–H and O–H groups in total. The summed E-state index contributed by atoms with van der Waals surface area (Å²) in [6.07, 6.45) is 12.4. The lowest BCUT2D eigenvalue weighted by molar-refractivity contribution is -0.135. The second-order valence-electron chi connectivity index (χ2n) is 12.7. The maximum Gasteiger partial charge on any atom is 0.410 e. The number of hydrogen-bond acceptors (Lipinski definition) is 6. The van der Waals surface area contributed by atoms with E-state index in [9.17, 15) is 9.59 Å². The van der Waals surface area contributed by atoms with Gasteiger partial charge < -0.3 is 19.4 Å². The first-order chi connectivity index (χ1) is 19.7. The van der Waals surface area contributed by atoms with Gasteiger partial charge in [0.1, 0.15) is 17.5 Å². The summed E-state index contributed by atoms with van der Waals surface area (Å²) in [5, 5.41) is 9.88. The first kappa shape index (κ1) is 29.4. The zero-order valence-corrected chi connectivity index (χ0v) is 25.3. The molecule has 3 heterocycles. The molecule has 2 aliphatic heterocycles. The zero-order chi connectivity index (χ0) is 29.1. The molecular weight excluding hydrogens is 538 g/mol. The van der Waals surface area contributed by atoms with Crippen LogP contribution in [0.25, 0.3) is 0 Å². The monoisotopic (exact) mass is 579 g/mol. The molecule has 0 bridgehead atoms. The van der Waals surface area contributed by atoms with E-state index in [-0.39, 0.29) is 29.9 Å². The van der Waals surface area contributed by atoms with Gasteiger partial charge in [-0.05, 0) is 82.4 Å². The molecule has 8 nitrogen and oxygen atoms in total. The van der Waals surface area contributed by atoms with E-state index in [1.165, 1.54) is 5.57 Å². The quantitative estimate of drug-likeness (QED) is 0.433. The van der Waals surface area contributed by atoms with Gasteiger partial charge in [-0.15, -0.1) is 0 Å². The fourth-order valence-electron chi connectivity index (χ4n) is 6.81. The number of piperidine rings is 1. The van der Waals surface area contributed by atoms with Crippen LogP contribution in [0.15, 0.2) is 41.1 Å². The summed E-state index contributed by atoms with van der Waals surface area (Å²) >= 11 is 6.27. The van der Waals surface area contributed by atoms with Gasteiger partial charge in [0.15, 0.2) is 0 Å². The number of rotatable bonds is 5. The summed E-state index contributed by atoms with van der Waals surface area (Å²) in [7, 11) is 1.83. The van der Waals surface area contributed by atoms with Gasteiger partial charge >= 0.3 is 6.09 Å². The standard InChI is InChI=1S/C32H42ClN5O3/c1-22-10-14-32(2,15-11-22)41-31(40)36(3)28-21-38(20-27(28)24-5-7-26(33)8-6-24)30(39)25-12-16-37(17-13-25)29-9-4-23(18-34)19-35-29/h4-5,7,9,19,22,25,27-28H,6,8,10-17,20-21H2,1-3H3/t22?,27-,28+,32?/m0/s1. The molecule has 2 atom stereocenters. The normalized spacial score (nSPS) is 28.9. The molecular formula is C32H42ClN5O3. The minimum absolute atomic E-state index is 0.0552. The number of hydrogen-bond donors (Lipinski definition) is 0. The number of aromatic nitrogens is 1. The van der Waals surface area contributed by atoms with Crippen molar-refractivity contribution in [1.82, 2.24) is 14.8 Å². The fourth-order valence-corrected chi connectivity index (χ4v) is 6.96. The van der Waals surface area contributed by atoms with Crippen LogP contribution in [0, 0.1) is 29.1 Å². The van der Waals surface area contributed by atoms with Crippen LogP contribution in [-0.2, 0) is 9.53 Å². The van der Waals surface area contributed by atoms with Gasteiger partial charge in [-0.2, -0.15) is 5.26 Å². The second-order valence-corrected chi connectivity index (χ2v) is 13.1. The summed E-state index contributed by atoms with van der Waals surface area (Å²) < 4.78 is 6.14. The molecule has 4 aliphatic rings. The molecule has 3 fully saturated rings.